The second-order valence-electron chi connectivity index (χ2n) is 4.63. The number of rotatable bonds is 3. The summed E-state index contributed by atoms with van der Waals surface area (Å²) in [6.45, 7) is 4.12. The molecule has 1 saturated heterocycles. The number of ether oxygens (including phenoxy) is 2. The Morgan fingerprint density at radius 2 is 2.06 bits per heavy atom. The standard InChI is InChI=1S/C14H18O3/c1-14(2)16-10-13(17-14)12(15)9-8-11-6-4-3-5-7-11/h3-9,12-13,15H,10H2,1-2H3/b9-8-/t12-,13+/m0/s1. The quantitative estimate of drug-likeness (QED) is 0.871. The Morgan fingerprint density at radius 3 is 2.65 bits per heavy atom. The summed E-state index contributed by atoms with van der Waals surface area (Å²) in [6, 6.07) is 9.86. The summed E-state index contributed by atoms with van der Waals surface area (Å²) in [5, 5.41) is 9.95. The van der Waals surface area contributed by atoms with Crippen molar-refractivity contribution in [3.8, 4) is 0 Å². The van der Waals surface area contributed by atoms with Crippen molar-refractivity contribution in [1.29, 1.82) is 0 Å². The molecule has 1 aromatic carbocycles. The SMILES string of the molecule is CC1(C)OC[C@H]([C@@H](O)/C=C\c2ccccc2)O1. The maximum atomic E-state index is 9.95. The number of aliphatic hydroxyl groups excluding tert-OH is 1. The highest BCUT2D eigenvalue weighted by Crippen LogP contribution is 2.24. The zero-order valence-electron chi connectivity index (χ0n) is 10.2. The first-order valence-electron chi connectivity index (χ1n) is 5.80. The maximum absolute atomic E-state index is 9.95. The van der Waals surface area contributed by atoms with Crippen LogP contribution in [-0.4, -0.2) is 29.7 Å². The monoisotopic (exact) mass is 234 g/mol. The van der Waals surface area contributed by atoms with E-state index in [0.717, 1.165) is 5.56 Å². The molecule has 2 atom stereocenters. The predicted octanol–water partition coefficient (Wildman–Crippen LogP) is 2.21. The summed E-state index contributed by atoms with van der Waals surface area (Å²) in [6.07, 6.45) is 2.70. The van der Waals surface area contributed by atoms with E-state index in [4.69, 9.17) is 9.47 Å². The van der Waals surface area contributed by atoms with Crippen molar-refractivity contribution < 1.29 is 14.6 Å². The first-order chi connectivity index (χ1) is 8.07. The summed E-state index contributed by atoms with van der Waals surface area (Å²) in [5.41, 5.74) is 1.06. The van der Waals surface area contributed by atoms with Crippen LogP contribution in [0, 0.1) is 0 Å². The molecule has 17 heavy (non-hydrogen) atoms. The second-order valence-corrected chi connectivity index (χ2v) is 4.63. The molecule has 2 rings (SSSR count). The highest BCUT2D eigenvalue weighted by molar-refractivity contribution is 5.49. The van der Waals surface area contributed by atoms with E-state index in [-0.39, 0.29) is 6.10 Å². The number of hydrogen-bond acceptors (Lipinski definition) is 3. The largest absolute Gasteiger partial charge is 0.386 e. The van der Waals surface area contributed by atoms with E-state index < -0.39 is 11.9 Å². The van der Waals surface area contributed by atoms with Crippen LogP contribution in [-0.2, 0) is 9.47 Å². The van der Waals surface area contributed by atoms with Gasteiger partial charge in [-0.05, 0) is 19.4 Å². The molecule has 0 radical (unpaired) electrons. The summed E-state index contributed by atoms with van der Waals surface area (Å²) < 4.78 is 11.0. The predicted molar refractivity (Wildman–Crippen MR) is 66.4 cm³/mol. The smallest absolute Gasteiger partial charge is 0.163 e. The first-order valence-corrected chi connectivity index (χ1v) is 5.80. The molecule has 92 valence electrons. The molecule has 3 heteroatoms. The van der Waals surface area contributed by atoms with Gasteiger partial charge in [-0.3, -0.25) is 0 Å². The summed E-state index contributed by atoms with van der Waals surface area (Å²) in [4.78, 5) is 0. The lowest BCUT2D eigenvalue weighted by Gasteiger charge is -2.18. The van der Waals surface area contributed by atoms with Crippen molar-refractivity contribution in [3.63, 3.8) is 0 Å². The first kappa shape index (κ1) is 12.3. The molecule has 1 aliphatic rings. The molecule has 0 amide bonds. The van der Waals surface area contributed by atoms with Gasteiger partial charge in [0.15, 0.2) is 5.79 Å². The minimum absolute atomic E-state index is 0.287. The summed E-state index contributed by atoms with van der Waals surface area (Å²) >= 11 is 0. The third-order valence-corrected chi connectivity index (χ3v) is 2.70. The average molecular weight is 234 g/mol. The molecule has 1 N–H and O–H groups in total. The van der Waals surface area contributed by atoms with Crippen molar-refractivity contribution in [3.05, 3.63) is 42.0 Å². The van der Waals surface area contributed by atoms with Crippen LogP contribution in [0.4, 0.5) is 0 Å². The normalized spacial score (nSPS) is 25.2. The lowest BCUT2D eigenvalue weighted by molar-refractivity contribution is -0.147. The van der Waals surface area contributed by atoms with Crippen LogP contribution in [0.1, 0.15) is 19.4 Å². The van der Waals surface area contributed by atoms with Gasteiger partial charge in [0.05, 0.1) is 6.61 Å². The van der Waals surface area contributed by atoms with Crippen LogP contribution in [0.5, 0.6) is 0 Å². The Labute approximate surface area is 102 Å². The van der Waals surface area contributed by atoms with Crippen LogP contribution in [0.25, 0.3) is 6.08 Å². The number of aliphatic hydroxyl groups is 1. The molecule has 1 aromatic rings. The molecule has 0 aliphatic carbocycles. The number of hydrogen-bond donors (Lipinski definition) is 1. The van der Waals surface area contributed by atoms with Crippen molar-refractivity contribution in [2.75, 3.05) is 6.61 Å². The molecule has 1 heterocycles. The van der Waals surface area contributed by atoms with Gasteiger partial charge < -0.3 is 14.6 Å². The van der Waals surface area contributed by atoms with Crippen LogP contribution in [0.2, 0.25) is 0 Å². The molecule has 0 aromatic heterocycles. The molecule has 3 nitrogen and oxygen atoms in total. The highest BCUT2D eigenvalue weighted by atomic mass is 16.7. The molecule has 0 bridgehead atoms. The maximum Gasteiger partial charge on any atom is 0.163 e. The Hall–Kier alpha value is -1.16. The van der Waals surface area contributed by atoms with Gasteiger partial charge in [0.2, 0.25) is 0 Å². The molecular formula is C14H18O3. The zero-order chi connectivity index (χ0) is 12.3. The van der Waals surface area contributed by atoms with E-state index in [0.29, 0.717) is 6.61 Å². The van der Waals surface area contributed by atoms with E-state index in [1.807, 2.05) is 50.3 Å². The van der Waals surface area contributed by atoms with Gasteiger partial charge in [-0.2, -0.15) is 0 Å². The van der Waals surface area contributed by atoms with Gasteiger partial charge in [-0.1, -0.05) is 42.5 Å². The van der Waals surface area contributed by atoms with Crippen molar-refractivity contribution in [1.82, 2.24) is 0 Å². The van der Waals surface area contributed by atoms with E-state index in [2.05, 4.69) is 0 Å². The van der Waals surface area contributed by atoms with Gasteiger partial charge >= 0.3 is 0 Å². The van der Waals surface area contributed by atoms with Gasteiger partial charge in [-0.15, -0.1) is 0 Å². The Kier molecular flexibility index (Phi) is 3.62. The van der Waals surface area contributed by atoms with E-state index >= 15 is 0 Å². The minimum Gasteiger partial charge on any atom is -0.386 e. The minimum atomic E-state index is -0.642. The van der Waals surface area contributed by atoms with E-state index in [9.17, 15) is 5.11 Å². The van der Waals surface area contributed by atoms with E-state index in [1.165, 1.54) is 0 Å². The van der Waals surface area contributed by atoms with Crippen molar-refractivity contribution in [2.24, 2.45) is 0 Å². The van der Waals surface area contributed by atoms with Crippen LogP contribution >= 0.6 is 0 Å². The Morgan fingerprint density at radius 1 is 1.35 bits per heavy atom. The van der Waals surface area contributed by atoms with Gasteiger partial charge in [0.25, 0.3) is 0 Å². The van der Waals surface area contributed by atoms with Crippen molar-refractivity contribution >= 4 is 6.08 Å². The van der Waals surface area contributed by atoms with Crippen LogP contribution < -0.4 is 0 Å². The molecular weight excluding hydrogens is 216 g/mol. The molecule has 1 aliphatic heterocycles. The second kappa shape index (κ2) is 5.00. The Bertz CT molecular complexity index is 384. The van der Waals surface area contributed by atoms with Gasteiger partial charge in [0.1, 0.15) is 12.2 Å². The van der Waals surface area contributed by atoms with E-state index in [1.54, 1.807) is 6.08 Å². The summed E-state index contributed by atoms with van der Waals surface area (Å²) in [5.74, 6) is -0.591. The average Bonchev–Trinajstić information content (AvgIpc) is 2.68. The molecule has 1 fully saturated rings. The lowest BCUT2D eigenvalue weighted by Crippen LogP contribution is -2.29. The van der Waals surface area contributed by atoms with Gasteiger partial charge in [0, 0.05) is 0 Å². The topological polar surface area (TPSA) is 38.7 Å². The lowest BCUT2D eigenvalue weighted by atomic mass is 10.1. The number of benzene rings is 1. The van der Waals surface area contributed by atoms with Gasteiger partial charge in [-0.25, -0.2) is 0 Å². The van der Waals surface area contributed by atoms with Crippen LogP contribution in [0.3, 0.4) is 0 Å². The third kappa shape index (κ3) is 3.40. The Balaban J connectivity index is 1.94. The zero-order valence-corrected chi connectivity index (χ0v) is 10.2. The fraction of sp³-hybridized carbons (Fsp3) is 0.429. The fourth-order valence-electron chi connectivity index (χ4n) is 1.78. The highest BCUT2D eigenvalue weighted by Gasteiger charge is 2.35. The summed E-state index contributed by atoms with van der Waals surface area (Å²) in [7, 11) is 0. The fourth-order valence-corrected chi connectivity index (χ4v) is 1.78. The molecule has 0 saturated carbocycles. The third-order valence-electron chi connectivity index (χ3n) is 2.70. The molecule has 0 unspecified atom stereocenters. The molecule has 0 spiro atoms. The van der Waals surface area contributed by atoms with Crippen LogP contribution in [0.15, 0.2) is 36.4 Å². The van der Waals surface area contributed by atoms with Crippen molar-refractivity contribution in [2.45, 2.75) is 31.8 Å².